The average Bonchev–Trinajstić information content (AvgIpc) is 2.80. The minimum absolute atomic E-state index is 0.0223. The molecule has 8 heteroatoms. The van der Waals surface area contributed by atoms with E-state index in [4.69, 9.17) is 16.7 Å². The largest absolute Gasteiger partial charge is 0.481 e. The number of hydrogen-bond acceptors (Lipinski definition) is 3. The normalized spacial score (nSPS) is 28.6. The van der Waals surface area contributed by atoms with E-state index in [9.17, 15) is 18.8 Å². The maximum atomic E-state index is 13.8. The van der Waals surface area contributed by atoms with Crippen molar-refractivity contribution in [2.75, 3.05) is 7.05 Å². The molecule has 0 radical (unpaired) electrons. The summed E-state index contributed by atoms with van der Waals surface area (Å²) in [7, 11) is 1.58. The summed E-state index contributed by atoms with van der Waals surface area (Å²) in [5.74, 6) is -3.06. The highest BCUT2D eigenvalue weighted by atomic mass is 35.5. The lowest BCUT2D eigenvalue weighted by atomic mass is 9.80. The third-order valence-electron chi connectivity index (χ3n) is 5.04. The van der Waals surface area contributed by atoms with Crippen LogP contribution in [0, 0.1) is 17.7 Å². The lowest BCUT2D eigenvalue weighted by Crippen LogP contribution is -2.49. The summed E-state index contributed by atoms with van der Waals surface area (Å²) in [6.07, 6.45) is 0.808. The van der Waals surface area contributed by atoms with Gasteiger partial charge in [-0.15, -0.1) is 0 Å². The van der Waals surface area contributed by atoms with Gasteiger partial charge in [0.15, 0.2) is 0 Å². The van der Waals surface area contributed by atoms with Crippen LogP contribution in [0.15, 0.2) is 18.2 Å². The first kappa shape index (κ1) is 17.7. The number of nitrogens with zero attached hydrogens (tertiary/aromatic N) is 1. The van der Waals surface area contributed by atoms with Gasteiger partial charge < -0.3 is 15.3 Å². The van der Waals surface area contributed by atoms with E-state index < -0.39 is 29.7 Å². The molecule has 25 heavy (non-hydrogen) atoms. The van der Waals surface area contributed by atoms with Crippen LogP contribution in [0.2, 0.25) is 5.02 Å². The molecule has 0 aromatic heterocycles. The fraction of sp³-hybridized carbons (Fsp3) is 0.471. The summed E-state index contributed by atoms with van der Waals surface area (Å²) in [6, 6.07) is 3.48. The van der Waals surface area contributed by atoms with Crippen molar-refractivity contribution in [2.45, 2.75) is 31.3 Å². The number of hydrogen-bond donors (Lipinski definition) is 2. The van der Waals surface area contributed by atoms with Gasteiger partial charge in [-0.25, -0.2) is 4.39 Å². The smallest absolute Gasteiger partial charge is 0.306 e. The van der Waals surface area contributed by atoms with Crippen LogP contribution < -0.4 is 5.32 Å². The second-order valence-corrected chi connectivity index (χ2v) is 7.05. The van der Waals surface area contributed by atoms with E-state index in [2.05, 4.69) is 5.32 Å². The van der Waals surface area contributed by atoms with Crippen molar-refractivity contribution in [3.05, 3.63) is 34.6 Å². The molecule has 2 aliphatic rings. The van der Waals surface area contributed by atoms with E-state index >= 15 is 0 Å². The molecular formula is C17H18ClFN2O4. The van der Waals surface area contributed by atoms with Gasteiger partial charge in [-0.05, 0) is 30.5 Å². The fourth-order valence-corrected chi connectivity index (χ4v) is 3.62. The molecule has 1 heterocycles. The predicted octanol–water partition coefficient (Wildman–Crippen LogP) is 1.98. The van der Waals surface area contributed by atoms with Crippen molar-refractivity contribution in [1.29, 1.82) is 0 Å². The number of aliphatic carboxylic acids is 1. The molecule has 1 aliphatic carbocycles. The zero-order chi connectivity index (χ0) is 18.3. The lowest BCUT2D eigenvalue weighted by Gasteiger charge is -2.34. The van der Waals surface area contributed by atoms with Crippen molar-refractivity contribution in [1.82, 2.24) is 10.2 Å². The van der Waals surface area contributed by atoms with Crippen molar-refractivity contribution in [2.24, 2.45) is 11.8 Å². The van der Waals surface area contributed by atoms with Crippen molar-refractivity contribution in [3.8, 4) is 0 Å². The Morgan fingerprint density at radius 1 is 1.36 bits per heavy atom. The molecule has 2 fully saturated rings. The maximum Gasteiger partial charge on any atom is 0.306 e. The van der Waals surface area contributed by atoms with Crippen LogP contribution in [-0.2, 0) is 14.4 Å². The molecule has 2 atom stereocenters. The molecule has 1 aliphatic heterocycles. The second kappa shape index (κ2) is 6.63. The Hall–Kier alpha value is -2.15. The van der Waals surface area contributed by atoms with Gasteiger partial charge in [0.25, 0.3) is 0 Å². The Balaban J connectivity index is 1.74. The predicted molar refractivity (Wildman–Crippen MR) is 87.3 cm³/mol. The van der Waals surface area contributed by atoms with Gasteiger partial charge >= 0.3 is 5.97 Å². The van der Waals surface area contributed by atoms with Crippen LogP contribution in [-0.4, -0.2) is 40.9 Å². The van der Waals surface area contributed by atoms with E-state index in [0.717, 1.165) is 0 Å². The number of likely N-dealkylation sites (tertiary alicyclic amines) is 1. The van der Waals surface area contributed by atoms with E-state index in [-0.39, 0.29) is 29.3 Å². The molecule has 0 bridgehead atoms. The molecule has 3 rings (SSSR count). The number of amides is 2. The minimum Gasteiger partial charge on any atom is -0.481 e. The Labute approximate surface area is 148 Å². The van der Waals surface area contributed by atoms with E-state index in [1.165, 1.54) is 17.0 Å². The molecule has 1 saturated heterocycles. The van der Waals surface area contributed by atoms with Crippen LogP contribution in [0.4, 0.5) is 4.39 Å². The van der Waals surface area contributed by atoms with Gasteiger partial charge in [0.1, 0.15) is 5.82 Å². The van der Waals surface area contributed by atoms with E-state index in [1.807, 2.05) is 0 Å². The van der Waals surface area contributed by atoms with Gasteiger partial charge in [-0.2, -0.15) is 0 Å². The molecule has 0 spiro atoms. The van der Waals surface area contributed by atoms with Gasteiger partial charge in [0.05, 0.1) is 22.9 Å². The number of carbonyl (C=O) groups excluding carboxylic acids is 2. The van der Waals surface area contributed by atoms with Crippen molar-refractivity contribution in [3.63, 3.8) is 0 Å². The third kappa shape index (κ3) is 3.33. The highest BCUT2D eigenvalue weighted by Crippen LogP contribution is 2.38. The number of benzene rings is 1. The molecule has 2 N–H and O–H groups in total. The number of halogens is 2. The maximum absolute atomic E-state index is 13.8. The van der Waals surface area contributed by atoms with Crippen LogP contribution in [0.1, 0.15) is 30.9 Å². The monoisotopic (exact) mass is 368 g/mol. The molecule has 1 aromatic rings. The number of carboxylic acids is 1. The first-order valence-corrected chi connectivity index (χ1v) is 8.39. The van der Waals surface area contributed by atoms with Gasteiger partial charge in [-0.1, -0.05) is 17.7 Å². The van der Waals surface area contributed by atoms with Gasteiger partial charge in [0.2, 0.25) is 11.8 Å². The Morgan fingerprint density at radius 3 is 2.64 bits per heavy atom. The highest BCUT2D eigenvalue weighted by molar-refractivity contribution is 6.30. The second-order valence-electron chi connectivity index (χ2n) is 6.65. The molecule has 1 aromatic carbocycles. The summed E-state index contributed by atoms with van der Waals surface area (Å²) in [4.78, 5) is 37.0. The molecule has 134 valence electrons. The molecule has 2 unspecified atom stereocenters. The SMILES string of the molecule is CN1C(=O)CC(C(=O)NC2CC(C(=O)O)C2)C1c1ccc(Cl)c(F)c1. The first-order chi connectivity index (χ1) is 11.8. The first-order valence-electron chi connectivity index (χ1n) is 8.01. The van der Waals surface area contributed by atoms with Crippen LogP contribution >= 0.6 is 11.6 Å². The Kier molecular flexibility index (Phi) is 4.69. The summed E-state index contributed by atoms with van der Waals surface area (Å²) >= 11 is 5.70. The average molecular weight is 369 g/mol. The van der Waals surface area contributed by atoms with Crippen LogP contribution in [0.3, 0.4) is 0 Å². The number of nitrogens with one attached hydrogen (secondary N) is 1. The third-order valence-corrected chi connectivity index (χ3v) is 5.35. The van der Waals surface area contributed by atoms with Crippen LogP contribution in [0.5, 0.6) is 0 Å². The van der Waals surface area contributed by atoms with Crippen molar-refractivity contribution < 1.29 is 23.9 Å². The number of rotatable bonds is 4. The van der Waals surface area contributed by atoms with Gasteiger partial charge in [0, 0.05) is 19.5 Å². The molecular weight excluding hydrogens is 351 g/mol. The lowest BCUT2D eigenvalue weighted by molar-refractivity contribution is -0.146. The van der Waals surface area contributed by atoms with Gasteiger partial charge in [-0.3, -0.25) is 14.4 Å². The zero-order valence-corrected chi connectivity index (χ0v) is 14.3. The summed E-state index contributed by atoms with van der Waals surface area (Å²) in [5.41, 5.74) is 0.507. The van der Waals surface area contributed by atoms with Crippen molar-refractivity contribution >= 4 is 29.4 Å². The quantitative estimate of drug-likeness (QED) is 0.850. The Morgan fingerprint density at radius 2 is 2.04 bits per heavy atom. The highest BCUT2D eigenvalue weighted by Gasteiger charge is 2.44. The summed E-state index contributed by atoms with van der Waals surface area (Å²) in [6.45, 7) is 0. The number of carbonyl (C=O) groups is 3. The topological polar surface area (TPSA) is 86.7 Å². The van der Waals surface area contributed by atoms with E-state index in [0.29, 0.717) is 18.4 Å². The summed E-state index contributed by atoms with van der Waals surface area (Å²) < 4.78 is 13.8. The molecule has 6 nitrogen and oxygen atoms in total. The zero-order valence-electron chi connectivity index (χ0n) is 13.5. The molecule has 2 amide bonds. The Bertz CT molecular complexity index is 735. The fourth-order valence-electron chi connectivity index (χ4n) is 3.50. The summed E-state index contributed by atoms with van der Waals surface area (Å²) in [5, 5.41) is 11.7. The number of carboxylic acid groups (broad SMARTS) is 1. The molecule has 1 saturated carbocycles. The minimum atomic E-state index is -0.865. The van der Waals surface area contributed by atoms with E-state index in [1.54, 1.807) is 13.1 Å². The standard InChI is InChI=1S/C17H18ClFN2O4/c1-21-14(22)7-11(15(21)8-2-3-12(18)13(19)6-8)16(23)20-10-4-9(5-10)17(24)25/h2-3,6,9-11,15H,4-5,7H2,1H3,(H,20,23)(H,24,25). The van der Waals surface area contributed by atoms with Crippen LogP contribution in [0.25, 0.3) is 0 Å².